The van der Waals surface area contributed by atoms with Gasteiger partial charge in [-0.15, -0.1) is 0 Å². The molecule has 0 amide bonds. The van der Waals surface area contributed by atoms with Crippen molar-refractivity contribution in [2.45, 2.75) is 60.1 Å². The summed E-state index contributed by atoms with van der Waals surface area (Å²) in [6, 6.07) is 0. The van der Waals surface area contributed by atoms with Gasteiger partial charge in [-0.1, -0.05) is 27.2 Å². The van der Waals surface area contributed by atoms with E-state index in [-0.39, 0.29) is 5.83 Å². The van der Waals surface area contributed by atoms with Crippen LogP contribution in [0.25, 0.3) is 0 Å². The summed E-state index contributed by atoms with van der Waals surface area (Å²) in [6.07, 6.45) is 2.76. The Kier molecular flexibility index (Phi) is 7.27. The van der Waals surface area contributed by atoms with Crippen molar-refractivity contribution in [1.82, 2.24) is 0 Å². The van der Waals surface area contributed by atoms with Crippen molar-refractivity contribution in [3.63, 3.8) is 0 Å². The topological polar surface area (TPSA) is 0 Å². The van der Waals surface area contributed by atoms with Crippen molar-refractivity contribution in [2.75, 3.05) is 0 Å². The molecular weight excluding hydrogens is 206 g/mol. The number of hydrogen-bond donors (Lipinski definition) is 0. The summed E-state index contributed by atoms with van der Waals surface area (Å²) in [4.78, 5) is 0. The van der Waals surface area contributed by atoms with Crippen LogP contribution in [-0.2, 0) is 0 Å². The number of allylic oxidation sites excluding steroid dienone is 4. The van der Waals surface area contributed by atoms with Gasteiger partial charge in [0.25, 0.3) is 0 Å². The van der Waals surface area contributed by atoms with Crippen LogP contribution in [-0.4, -0.2) is 6.17 Å². The molecule has 16 heavy (non-hydrogen) atoms. The highest BCUT2D eigenvalue weighted by atomic mass is 19.1. The molecule has 0 N–H and O–H groups in total. The second kappa shape index (κ2) is 7.59. The van der Waals surface area contributed by atoms with Gasteiger partial charge in [-0.2, -0.15) is 0 Å². The van der Waals surface area contributed by atoms with Crippen molar-refractivity contribution in [1.29, 1.82) is 0 Å². The van der Waals surface area contributed by atoms with Crippen LogP contribution in [0, 0.1) is 5.92 Å². The molecule has 0 aromatic rings. The lowest BCUT2D eigenvalue weighted by molar-refractivity contribution is 0.368. The van der Waals surface area contributed by atoms with E-state index < -0.39 is 6.17 Å². The fraction of sp³-hybridized carbons (Fsp3) is 0.714. The van der Waals surface area contributed by atoms with E-state index in [9.17, 15) is 8.78 Å². The molecule has 0 saturated carbocycles. The van der Waals surface area contributed by atoms with E-state index in [1.54, 1.807) is 13.8 Å². The zero-order valence-corrected chi connectivity index (χ0v) is 11.1. The maximum Gasteiger partial charge on any atom is 0.121 e. The van der Waals surface area contributed by atoms with E-state index in [4.69, 9.17) is 0 Å². The predicted molar refractivity (Wildman–Crippen MR) is 66.8 cm³/mol. The van der Waals surface area contributed by atoms with Crippen LogP contribution >= 0.6 is 0 Å². The second-order valence-electron chi connectivity index (χ2n) is 4.53. The maximum absolute atomic E-state index is 13.6. The van der Waals surface area contributed by atoms with Gasteiger partial charge in [-0.3, -0.25) is 0 Å². The first-order valence-electron chi connectivity index (χ1n) is 6.09. The Morgan fingerprint density at radius 1 is 1.19 bits per heavy atom. The highest BCUT2D eigenvalue weighted by Crippen LogP contribution is 2.24. The maximum atomic E-state index is 13.6. The van der Waals surface area contributed by atoms with Crippen LogP contribution in [0.1, 0.15) is 53.9 Å². The third kappa shape index (κ3) is 5.43. The summed E-state index contributed by atoms with van der Waals surface area (Å²) in [7, 11) is 0. The molecule has 0 heterocycles. The zero-order chi connectivity index (χ0) is 12.7. The Labute approximate surface area is 98.4 Å². The average Bonchev–Trinajstić information content (AvgIpc) is 2.25. The van der Waals surface area contributed by atoms with Crippen LogP contribution in [0.15, 0.2) is 23.0 Å². The molecular formula is C14H24F2. The smallest absolute Gasteiger partial charge is 0.121 e. The molecule has 0 bridgehead atoms. The van der Waals surface area contributed by atoms with Crippen LogP contribution in [0.5, 0.6) is 0 Å². The number of alkyl halides is 1. The van der Waals surface area contributed by atoms with Gasteiger partial charge in [-0.25, -0.2) is 8.78 Å². The van der Waals surface area contributed by atoms with Crippen LogP contribution in [0.3, 0.4) is 0 Å². The Balaban J connectivity index is 4.99. The Bertz CT molecular complexity index is 260. The Morgan fingerprint density at radius 3 is 2.12 bits per heavy atom. The molecule has 0 nitrogen and oxygen atoms in total. The van der Waals surface area contributed by atoms with Crippen molar-refractivity contribution in [3.05, 3.63) is 23.0 Å². The first kappa shape index (κ1) is 15.3. The summed E-state index contributed by atoms with van der Waals surface area (Å²) < 4.78 is 26.5. The third-order valence-corrected chi connectivity index (χ3v) is 2.97. The van der Waals surface area contributed by atoms with Gasteiger partial charge in [0.2, 0.25) is 0 Å². The summed E-state index contributed by atoms with van der Waals surface area (Å²) >= 11 is 0. The minimum absolute atomic E-state index is 0.249. The largest absolute Gasteiger partial charge is 0.243 e. The fourth-order valence-corrected chi connectivity index (χ4v) is 1.60. The van der Waals surface area contributed by atoms with Crippen molar-refractivity contribution in [3.8, 4) is 0 Å². The first-order valence-corrected chi connectivity index (χ1v) is 6.09. The second-order valence-corrected chi connectivity index (χ2v) is 4.53. The average molecular weight is 230 g/mol. The summed E-state index contributed by atoms with van der Waals surface area (Å²) in [6.45, 7) is 9.18. The summed E-state index contributed by atoms with van der Waals surface area (Å²) in [5.74, 6) is 0.213. The summed E-state index contributed by atoms with van der Waals surface area (Å²) in [5.41, 5.74) is 1.50. The molecule has 2 atom stereocenters. The monoisotopic (exact) mass is 230 g/mol. The van der Waals surface area contributed by atoms with Crippen molar-refractivity contribution >= 4 is 0 Å². The molecule has 2 heteroatoms. The van der Waals surface area contributed by atoms with Crippen LogP contribution in [0.2, 0.25) is 0 Å². The van der Waals surface area contributed by atoms with Gasteiger partial charge in [0.1, 0.15) is 6.17 Å². The SMILES string of the molecule is CCC(C)CC(/C=C(\C)F)=C(\C)C(F)CC. The minimum Gasteiger partial charge on any atom is -0.243 e. The molecule has 0 spiro atoms. The molecule has 0 saturated heterocycles. The van der Waals surface area contributed by atoms with Crippen LogP contribution < -0.4 is 0 Å². The molecule has 94 valence electrons. The first-order chi connectivity index (χ1) is 7.42. The van der Waals surface area contributed by atoms with Crippen molar-refractivity contribution in [2.24, 2.45) is 5.92 Å². The van der Waals surface area contributed by atoms with Gasteiger partial charge in [0.15, 0.2) is 0 Å². The van der Waals surface area contributed by atoms with Gasteiger partial charge < -0.3 is 0 Å². The number of hydrogen-bond acceptors (Lipinski definition) is 0. The van der Waals surface area contributed by atoms with E-state index in [1.165, 1.54) is 13.0 Å². The van der Waals surface area contributed by atoms with Gasteiger partial charge >= 0.3 is 0 Å². The quantitative estimate of drug-likeness (QED) is 0.539. The molecule has 0 aromatic heterocycles. The molecule has 0 aliphatic rings. The number of rotatable bonds is 6. The lowest BCUT2D eigenvalue weighted by Crippen LogP contribution is -2.05. The zero-order valence-electron chi connectivity index (χ0n) is 11.1. The molecule has 2 unspecified atom stereocenters. The van der Waals surface area contributed by atoms with E-state index in [0.717, 1.165) is 18.4 Å². The van der Waals surface area contributed by atoms with Crippen LogP contribution in [0.4, 0.5) is 8.78 Å². The molecule has 0 fully saturated rings. The molecule has 0 aliphatic heterocycles. The standard InChI is InChI=1S/C14H24F2/c1-6-10(3)8-13(9-11(4)15)12(5)14(16)7-2/h9-10,14H,6-8H2,1-5H3/b11-9+,13-12-. The van der Waals surface area contributed by atoms with Gasteiger partial charge in [0, 0.05) is 0 Å². The molecule has 0 aliphatic carbocycles. The third-order valence-electron chi connectivity index (χ3n) is 2.97. The highest BCUT2D eigenvalue weighted by molar-refractivity contribution is 5.28. The normalized spacial score (nSPS) is 18.1. The lowest BCUT2D eigenvalue weighted by atomic mass is 9.93. The number of halogens is 2. The van der Waals surface area contributed by atoms with E-state index in [1.807, 2.05) is 0 Å². The van der Waals surface area contributed by atoms with E-state index in [2.05, 4.69) is 13.8 Å². The Hall–Kier alpha value is -0.660. The van der Waals surface area contributed by atoms with E-state index >= 15 is 0 Å². The van der Waals surface area contributed by atoms with E-state index in [0.29, 0.717) is 17.9 Å². The highest BCUT2D eigenvalue weighted by Gasteiger charge is 2.12. The van der Waals surface area contributed by atoms with Crippen molar-refractivity contribution < 1.29 is 8.78 Å². The fourth-order valence-electron chi connectivity index (χ4n) is 1.60. The summed E-state index contributed by atoms with van der Waals surface area (Å²) in [5, 5.41) is 0. The van der Waals surface area contributed by atoms with Gasteiger partial charge in [0.05, 0.1) is 5.83 Å². The predicted octanol–water partition coefficient (Wildman–Crippen LogP) is 5.36. The molecule has 0 aromatic carbocycles. The minimum atomic E-state index is -0.949. The lowest BCUT2D eigenvalue weighted by Gasteiger charge is -2.15. The van der Waals surface area contributed by atoms with Gasteiger partial charge in [-0.05, 0) is 49.8 Å². The molecule has 0 radical (unpaired) electrons. The molecule has 0 rings (SSSR count). The Morgan fingerprint density at radius 2 is 1.75 bits per heavy atom.